The first-order valence-corrected chi connectivity index (χ1v) is 18.7. The normalized spacial score (nSPS) is 12.3. The van der Waals surface area contributed by atoms with E-state index in [9.17, 15) is 19.2 Å². The van der Waals surface area contributed by atoms with Crippen molar-refractivity contribution < 1.29 is 23.9 Å². The van der Waals surface area contributed by atoms with E-state index in [1.807, 2.05) is 54.6 Å². The summed E-state index contributed by atoms with van der Waals surface area (Å²) < 4.78 is 5.95. The van der Waals surface area contributed by atoms with Gasteiger partial charge in [-0.2, -0.15) is 0 Å². The van der Waals surface area contributed by atoms with E-state index >= 15 is 0 Å². The molecule has 14 nitrogen and oxygen atoms in total. The summed E-state index contributed by atoms with van der Waals surface area (Å²) in [5, 5.41) is 11.4. The molecule has 56 heavy (non-hydrogen) atoms. The Labute approximate surface area is 327 Å². The van der Waals surface area contributed by atoms with Crippen LogP contribution < -0.4 is 48.9 Å². The Kier molecular flexibility index (Phi) is 17.3. The molecule has 0 saturated carbocycles. The first kappa shape index (κ1) is 42.5. The second-order valence-electron chi connectivity index (χ2n) is 13.2. The summed E-state index contributed by atoms with van der Waals surface area (Å²) in [6.45, 7) is 1.58. The molecule has 0 heterocycles. The van der Waals surface area contributed by atoms with Crippen LogP contribution in [0.4, 0.5) is 0 Å². The summed E-state index contributed by atoms with van der Waals surface area (Å²) in [5.74, 6) is -1.58. The van der Waals surface area contributed by atoms with Crippen molar-refractivity contribution in [1.82, 2.24) is 21.3 Å². The topological polar surface area (TPSA) is 242 Å². The Hall–Kier alpha value is -6.25. The minimum Gasteiger partial charge on any atom is -0.489 e. The van der Waals surface area contributed by atoms with Gasteiger partial charge in [0, 0.05) is 25.2 Å². The lowest BCUT2D eigenvalue weighted by molar-refractivity contribution is -0.133. The highest BCUT2D eigenvalue weighted by atomic mass is 16.5. The number of ether oxygens (including phenoxy) is 1. The molecule has 12 N–H and O–H groups in total. The van der Waals surface area contributed by atoms with Gasteiger partial charge in [-0.3, -0.25) is 24.2 Å². The van der Waals surface area contributed by atoms with Crippen molar-refractivity contribution in [3.05, 3.63) is 137 Å². The number of carbonyl (C=O) groups is 4. The van der Waals surface area contributed by atoms with E-state index in [-0.39, 0.29) is 31.9 Å². The zero-order chi connectivity index (χ0) is 40.1. The van der Waals surface area contributed by atoms with Crippen LogP contribution in [0.15, 0.2) is 114 Å². The van der Waals surface area contributed by atoms with E-state index in [0.29, 0.717) is 55.8 Å². The molecular weight excluding hydrogens is 711 g/mol. The molecule has 4 rings (SSSR count). The van der Waals surface area contributed by atoms with Crippen LogP contribution in [0, 0.1) is 0 Å². The van der Waals surface area contributed by atoms with Gasteiger partial charge in [0.05, 0.1) is 0 Å². The lowest BCUT2D eigenvalue weighted by atomic mass is 10.0. The van der Waals surface area contributed by atoms with Gasteiger partial charge in [-0.05, 0) is 85.2 Å². The van der Waals surface area contributed by atoms with Crippen LogP contribution in [0.2, 0.25) is 0 Å². The van der Waals surface area contributed by atoms with Crippen LogP contribution in [0.1, 0.15) is 70.8 Å². The first-order valence-electron chi connectivity index (χ1n) is 18.7. The molecule has 0 fully saturated rings. The number of benzene rings is 4. The van der Waals surface area contributed by atoms with Crippen molar-refractivity contribution in [1.29, 1.82) is 0 Å². The molecule has 296 valence electrons. The van der Waals surface area contributed by atoms with E-state index in [0.717, 1.165) is 16.7 Å². The molecule has 0 saturated heterocycles. The van der Waals surface area contributed by atoms with Gasteiger partial charge in [0.15, 0.2) is 5.96 Å². The second-order valence-corrected chi connectivity index (χ2v) is 13.2. The van der Waals surface area contributed by atoms with E-state index in [1.54, 1.807) is 54.6 Å². The SMILES string of the molecule is NCCCC[C@H](NC(=O)[C@H](CCCN=C(N)N)NC(=O)c1ccccc1)C(=O)N[C@@H](C(=O)NCc1ccc(CN)cc1)c1ccc(OCc2ccccc2)cc1. The minimum atomic E-state index is -1.13. The number of guanidine groups is 1. The van der Waals surface area contributed by atoms with Crippen LogP contribution in [-0.4, -0.2) is 54.8 Å². The highest BCUT2D eigenvalue weighted by Crippen LogP contribution is 2.21. The van der Waals surface area contributed by atoms with Gasteiger partial charge < -0.3 is 48.9 Å². The maximum atomic E-state index is 14.1. The summed E-state index contributed by atoms with van der Waals surface area (Å²) in [6, 6.07) is 29.4. The number of carbonyl (C=O) groups excluding carboxylic acids is 4. The zero-order valence-electron chi connectivity index (χ0n) is 31.5. The van der Waals surface area contributed by atoms with Crippen LogP contribution >= 0.6 is 0 Å². The molecule has 0 aliphatic carbocycles. The van der Waals surface area contributed by atoms with Gasteiger partial charge in [0.25, 0.3) is 5.91 Å². The van der Waals surface area contributed by atoms with Gasteiger partial charge in [0.2, 0.25) is 17.7 Å². The number of rotatable bonds is 22. The molecule has 0 aromatic heterocycles. The molecule has 0 aliphatic rings. The minimum absolute atomic E-state index is 0.0894. The van der Waals surface area contributed by atoms with E-state index < -0.39 is 41.8 Å². The number of nitrogens with one attached hydrogen (secondary N) is 4. The van der Waals surface area contributed by atoms with Crippen molar-refractivity contribution in [2.24, 2.45) is 27.9 Å². The molecule has 14 heteroatoms. The summed E-state index contributed by atoms with van der Waals surface area (Å²) in [7, 11) is 0. The van der Waals surface area contributed by atoms with Crippen molar-refractivity contribution in [3.8, 4) is 5.75 Å². The fraction of sp³-hybridized carbons (Fsp3) is 0.310. The summed E-state index contributed by atoms with van der Waals surface area (Å²) in [4.78, 5) is 59.0. The molecule has 4 aromatic rings. The lowest BCUT2D eigenvalue weighted by Crippen LogP contribution is -2.55. The Morgan fingerprint density at radius 3 is 1.88 bits per heavy atom. The third-order valence-corrected chi connectivity index (χ3v) is 8.92. The Bertz CT molecular complexity index is 1850. The fourth-order valence-corrected chi connectivity index (χ4v) is 5.76. The maximum absolute atomic E-state index is 14.1. The number of nitrogens with two attached hydrogens (primary N) is 4. The number of amides is 4. The highest BCUT2D eigenvalue weighted by molar-refractivity contribution is 5.98. The number of hydrogen-bond acceptors (Lipinski definition) is 8. The van der Waals surface area contributed by atoms with Crippen molar-refractivity contribution in [2.75, 3.05) is 13.1 Å². The quantitative estimate of drug-likeness (QED) is 0.0333. The molecular formula is C42H53N9O5. The summed E-state index contributed by atoms with van der Waals surface area (Å²) in [5.41, 5.74) is 26.1. The lowest BCUT2D eigenvalue weighted by Gasteiger charge is -2.26. The molecule has 0 radical (unpaired) electrons. The number of aliphatic imine (C=N–C) groups is 1. The molecule has 4 amide bonds. The number of nitrogens with zero attached hydrogens (tertiary/aromatic N) is 1. The maximum Gasteiger partial charge on any atom is 0.251 e. The van der Waals surface area contributed by atoms with Gasteiger partial charge in [-0.15, -0.1) is 0 Å². The summed E-state index contributed by atoms with van der Waals surface area (Å²) >= 11 is 0. The van der Waals surface area contributed by atoms with Crippen LogP contribution in [-0.2, 0) is 34.1 Å². The second kappa shape index (κ2) is 22.8. The number of unbranched alkanes of at least 4 members (excludes halogenated alkanes) is 1. The summed E-state index contributed by atoms with van der Waals surface area (Å²) in [6.07, 6.45) is 1.91. The molecule has 0 aliphatic heterocycles. The van der Waals surface area contributed by atoms with E-state index in [2.05, 4.69) is 26.3 Å². The molecule has 0 bridgehead atoms. The average molecular weight is 764 g/mol. The molecule has 0 unspecified atom stereocenters. The predicted molar refractivity (Wildman–Crippen MR) is 217 cm³/mol. The molecule has 0 spiro atoms. The zero-order valence-corrected chi connectivity index (χ0v) is 31.5. The smallest absolute Gasteiger partial charge is 0.251 e. The van der Waals surface area contributed by atoms with Crippen LogP contribution in [0.5, 0.6) is 5.75 Å². The van der Waals surface area contributed by atoms with Crippen LogP contribution in [0.25, 0.3) is 0 Å². The third kappa shape index (κ3) is 14.2. The molecule has 4 aromatic carbocycles. The van der Waals surface area contributed by atoms with E-state index in [1.165, 1.54) is 0 Å². The fourth-order valence-electron chi connectivity index (χ4n) is 5.76. The highest BCUT2D eigenvalue weighted by Gasteiger charge is 2.30. The van der Waals surface area contributed by atoms with Crippen LogP contribution in [0.3, 0.4) is 0 Å². The van der Waals surface area contributed by atoms with Crippen molar-refractivity contribution >= 4 is 29.6 Å². The predicted octanol–water partition coefficient (Wildman–Crippen LogP) is 2.66. The molecule has 3 atom stereocenters. The Morgan fingerprint density at radius 1 is 0.625 bits per heavy atom. The average Bonchev–Trinajstić information content (AvgIpc) is 3.22. The van der Waals surface area contributed by atoms with Gasteiger partial charge in [0.1, 0.15) is 30.5 Å². The van der Waals surface area contributed by atoms with Gasteiger partial charge in [-0.1, -0.05) is 84.9 Å². The monoisotopic (exact) mass is 763 g/mol. The number of hydrogen-bond donors (Lipinski definition) is 8. The Morgan fingerprint density at radius 2 is 1.23 bits per heavy atom. The van der Waals surface area contributed by atoms with Gasteiger partial charge in [-0.25, -0.2) is 0 Å². The van der Waals surface area contributed by atoms with Crippen molar-refractivity contribution in [2.45, 2.75) is 69.9 Å². The third-order valence-electron chi connectivity index (χ3n) is 8.92. The van der Waals surface area contributed by atoms with E-state index in [4.69, 9.17) is 27.7 Å². The largest absolute Gasteiger partial charge is 0.489 e. The standard InChI is InChI=1S/C42H53N9O5/c43-24-8-7-14-35(50-39(53)36(15-9-25-47-42(45)46)49-38(52)33-12-5-2-6-13-33)40(54)51-37(41(55)48-27-30-18-16-29(26-44)17-19-30)32-20-22-34(23-21-32)56-28-31-10-3-1-4-11-31/h1-6,10-13,16-23,35-37H,7-9,14-15,24-28,43-44H2,(H,48,55)(H,49,52)(H,50,53)(H,51,54)(H4,45,46,47)/t35-,36-,37+/m0/s1. The Balaban J connectivity index is 1.54. The first-order chi connectivity index (χ1) is 27.2. The van der Waals surface area contributed by atoms with Crippen molar-refractivity contribution in [3.63, 3.8) is 0 Å². The van der Waals surface area contributed by atoms with Gasteiger partial charge >= 0.3 is 0 Å².